The summed E-state index contributed by atoms with van der Waals surface area (Å²) in [5.74, 6) is -0.839. The normalized spacial score (nSPS) is 12.2. The van der Waals surface area contributed by atoms with E-state index >= 15 is 0 Å². The highest BCUT2D eigenvalue weighted by molar-refractivity contribution is 5.75. The summed E-state index contributed by atoms with van der Waals surface area (Å²) in [5, 5.41) is 0. The Kier molecular flexibility index (Phi) is 4.43. The molecule has 0 aliphatic heterocycles. The second-order valence-corrected chi connectivity index (χ2v) is 3.66. The first-order chi connectivity index (χ1) is 7.54. The number of hydrogen-bond acceptors (Lipinski definition) is 3. The summed E-state index contributed by atoms with van der Waals surface area (Å²) in [4.78, 5) is 11.3. The van der Waals surface area contributed by atoms with Crippen molar-refractivity contribution in [1.82, 2.24) is 0 Å². The highest BCUT2D eigenvalue weighted by atomic mass is 19.1. The van der Waals surface area contributed by atoms with Crippen LogP contribution >= 0.6 is 0 Å². The molecule has 0 aliphatic carbocycles. The maximum atomic E-state index is 13.4. The van der Waals surface area contributed by atoms with Crippen molar-refractivity contribution >= 4 is 5.97 Å². The van der Waals surface area contributed by atoms with Gasteiger partial charge in [-0.25, -0.2) is 4.39 Å². The monoisotopic (exact) mass is 225 g/mol. The van der Waals surface area contributed by atoms with Crippen molar-refractivity contribution in [3.05, 3.63) is 35.1 Å². The van der Waals surface area contributed by atoms with Gasteiger partial charge in [-0.2, -0.15) is 0 Å². The average Bonchev–Trinajstić information content (AvgIpc) is 2.23. The van der Waals surface area contributed by atoms with Crippen molar-refractivity contribution in [2.75, 3.05) is 6.61 Å². The van der Waals surface area contributed by atoms with E-state index in [0.29, 0.717) is 5.56 Å². The predicted octanol–water partition coefficient (Wildman–Crippen LogP) is 1.57. The van der Waals surface area contributed by atoms with E-state index in [0.717, 1.165) is 5.56 Å². The van der Waals surface area contributed by atoms with Crippen molar-refractivity contribution < 1.29 is 13.9 Å². The molecular formula is C12H16FNO2. The Bertz CT molecular complexity index is 379. The minimum atomic E-state index is -0.809. The van der Waals surface area contributed by atoms with Gasteiger partial charge in [-0.15, -0.1) is 0 Å². The lowest BCUT2D eigenvalue weighted by Gasteiger charge is -2.11. The molecule has 0 heterocycles. The van der Waals surface area contributed by atoms with Crippen LogP contribution in [0.1, 0.15) is 18.1 Å². The quantitative estimate of drug-likeness (QED) is 0.791. The number of aryl methyl sites for hydroxylation is 1. The van der Waals surface area contributed by atoms with Gasteiger partial charge in [-0.1, -0.05) is 17.7 Å². The van der Waals surface area contributed by atoms with Crippen LogP contribution in [0.5, 0.6) is 0 Å². The highest BCUT2D eigenvalue weighted by Gasteiger charge is 2.16. The standard InChI is InChI=1S/C12H16FNO2/c1-3-16-12(15)11(14)7-9-6-8(2)4-5-10(9)13/h4-6,11H,3,7,14H2,1-2H3. The largest absolute Gasteiger partial charge is 0.465 e. The molecule has 1 aromatic rings. The molecule has 1 atom stereocenters. The number of carbonyl (C=O) groups excluding carboxylic acids is 1. The Morgan fingerprint density at radius 2 is 2.25 bits per heavy atom. The molecule has 88 valence electrons. The Balaban J connectivity index is 2.72. The first-order valence-corrected chi connectivity index (χ1v) is 5.21. The third-order valence-electron chi connectivity index (χ3n) is 2.23. The van der Waals surface area contributed by atoms with E-state index in [4.69, 9.17) is 10.5 Å². The average molecular weight is 225 g/mol. The number of hydrogen-bond donors (Lipinski definition) is 1. The molecule has 1 rings (SSSR count). The van der Waals surface area contributed by atoms with Gasteiger partial charge < -0.3 is 10.5 Å². The van der Waals surface area contributed by atoms with E-state index in [1.165, 1.54) is 6.07 Å². The van der Waals surface area contributed by atoms with Crippen LogP contribution in [0.15, 0.2) is 18.2 Å². The fraction of sp³-hybridized carbons (Fsp3) is 0.417. The van der Waals surface area contributed by atoms with Gasteiger partial charge in [0.25, 0.3) is 0 Å². The fourth-order valence-corrected chi connectivity index (χ4v) is 1.43. The number of nitrogens with two attached hydrogens (primary N) is 1. The summed E-state index contributed by atoms with van der Waals surface area (Å²) in [7, 11) is 0. The number of ether oxygens (including phenoxy) is 1. The number of rotatable bonds is 4. The van der Waals surface area contributed by atoms with Gasteiger partial charge in [-0.3, -0.25) is 4.79 Å². The number of carbonyl (C=O) groups is 1. The smallest absolute Gasteiger partial charge is 0.323 e. The SMILES string of the molecule is CCOC(=O)C(N)Cc1cc(C)ccc1F. The van der Waals surface area contributed by atoms with E-state index in [-0.39, 0.29) is 18.8 Å². The van der Waals surface area contributed by atoms with Crippen LogP contribution in [0.3, 0.4) is 0 Å². The lowest BCUT2D eigenvalue weighted by atomic mass is 10.0. The zero-order valence-corrected chi connectivity index (χ0v) is 9.50. The van der Waals surface area contributed by atoms with Gasteiger partial charge in [0.2, 0.25) is 0 Å². The molecule has 0 aliphatic rings. The second-order valence-electron chi connectivity index (χ2n) is 3.66. The molecule has 1 aromatic carbocycles. The molecule has 0 aromatic heterocycles. The van der Waals surface area contributed by atoms with Crippen LogP contribution in [0, 0.1) is 12.7 Å². The second kappa shape index (κ2) is 5.61. The van der Waals surface area contributed by atoms with Crippen LogP contribution < -0.4 is 5.73 Å². The minimum Gasteiger partial charge on any atom is -0.465 e. The van der Waals surface area contributed by atoms with E-state index in [1.54, 1.807) is 19.1 Å². The molecule has 2 N–H and O–H groups in total. The highest BCUT2D eigenvalue weighted by Crippen LogP contribution is 2.12. The van der Waals surface area contributed by atoms with Crippen molar-refractivity contribution in [3.63, 3.8) is 0 Å². The van der Waals surface area contributed by atoms with E-state index in [1.807, 2.05) is 6.92 Å². The van der Waals surface area contributed by atoms with Crippen LogP contribution in [-0.2, 0) is 16.0 Å². The van der Waals surface area contributed by atoms with Crippen molar-refractivity contribution in [3.8, 4) is 0 Å². The number of benzene rings is 1. The Morgan fingerprint density at radius 1 is 1.56 bits per heavy atom. The van der Waals surface area contributed by atoms with Gasteiger partial charge in [0.15, 0.2) is 0 Å². The molecule has 0 amide bonds. The molecule has 1 unspecified atom stereocenters. The Morgan fingerprint density at radius 3 is 2.88 bits per heavy atom. The van der Waals surface area contributed by atoms with Gasteiger partial charge in [0.05, 0.1) is 6.61 Å². The maximum absolute atomic E-state index is 13.4. The van der Waals surface area contributed by atoms with E-state index in [2.05, 4.69) is 0 Å². The molecule has 0 saturated heterocycles. The van der Waals surface area contributed by atoms with Crippen LogP contribution in [0.4, 0.5) is 4.39 Å². The van der Waals surface area contributed by atoms with Crippen LogP contribution in [0.25, 0.3) is 0 Å². The first kappa shape index (κ1) is 12.6. The molecule has 0 fully saturated rings. The summed E-state index contributed by atoms with van der Waals surface area (Å²) in [6.07, 6.45) is 0.159. The zero-order chi connectivity index (χ0) is 12.1. The van der Waals surface area contributed by atoms with Gasteiger partial charge >= 0.3 is 5.97 Å². The third-order valence-corrected chi connectivity index (χ3v) is 2.23. The summed E-state index contributed by atoms with van der Waals surface area (Å²) >= 11 is 0. The molecule has 0 saturated carbocycles. The van der Waals surface area contributed by atoms with Crippen molar-refractivity contribution in [2.45, 2.75) is 26.3 Å². The number of esters is 1. The number of halogens is 1. The third kappa shape index (κ3) is 3.31. The topological polar surface area (TPSA) is 52.3 Å². The van der Waals surface area contributed by atoms with Gasteiger partial charge in [0, 0.05) is 6.42 Å². The maximum Gasteiger partial charge on any atom is 0.323 e. The Hall–Kier alpha value is -1.42. The predicted molar refractivity (Wildman–Crippen MR) is 59.4 cm³/mol. The molecule has 0 radical (unpaired) electrons. The summed E-state index contributed by atoms with van der Waals surface area (Å²) in [6, 6.07) is 3.93. The molecule has 4 heteroatoms. The molecule has 16 heavy (non-hydrogen) atoms. The van der Waals surface area contributed by atoms with Crippen molar-refractivity contribution in [2.24, 2.45) is 5.73 Å². The molecule has 3 nitrogen and oxygen atoms in total. The van der Waals surface area contributed by atoms with E-state index < -0.39 is 12.0 Å². The first-order valence-electron chi connectivity index (χ1n) is 5.21. The van der Waals surface area contributed by atoms with E-state index in [9.17, 15) is 9.18 Å². The van der Waals surface area contributed by atoms with Crippen molar-refractivity contribution in [1.29, 1.82) is 0 Å². The molecular weight excluding hydrogens is 209 g/mol. The minimum absolute atomic E-state index is 0.159. The van der Waals surface area contributed by atoms with Crippen LogP contribution in [0.2, 0.25) is 0 Å². The lowest BCUT2D eigenvalue weighted by molar-refractivity contribution is -0.144. The Labute approximate surface area is 94.4 Å². The zero-order valence-electron chi connectivity index (χ0n) is 9.50. The molecule has 0 bridgehead atoms. The summed E-state index contributed by atoms with van der Waals surface area (Å²) in [5.41, 5.74) is 7.00. The molecule has 0 spiro atoms. The fourth-order valence-electron chi connectivity index (χ4n) is 1.43. The van der Waals surface area contributed by atoms with Gasteiger partial charge in [0.1, 0.15) is 11.9 Å². The lowest BCUT2D eigenvalue weighted by Crippen LogP contribution is -2.34. The summed E-state index contributed by atoms with van der Waals surface area (Å²) in [6.45, 7) is 3.85. The van der Waals surface area contributed by atoms with Crippen LogP contribution in [-0.4, -0.2) is 18.6 Å². The summed E-state index contributed by atoms with van der Waals surface area (Å²) < 4.78 is 18.1. The van der Waals surface area contributed by atoms with Gasteiger partial charge in [-0.05, 0) is 25.5 Å².